The highest BCUT2D eigenvalue weighted by Gasteiger charge is 2.66. The molecule has 5 rings (SSSR count). The van der Waals surface area contributed by atoms with Crippen LogP contribution in [0.1, 0.15) is 42.4 Å². The molecule has 1 saturated carbocycles. The summed E-state index contributed by atoms with van der Waals surface area (Å²) in [5.74, 6) is -2.37. The molecule has 1 atom stereocenters. The summed E-state index contributed by atoms with van der Waals surface area (Å²) in [7, 11) is 3.00. The number of benzene rings is 2. The second-order valence-electron chi connectivity index (χ2n) is 9.95. The summed E-state index contributed by atoms with van der Waals surface area (Å²) >= 11 is 0. The van der Waals surface area contributed by atoms with Crippen LogP contribution in [0.15, 0.2) is 47.5 Å². The molecule has 12 heteroatoms. The smallest absolute Gasteiger partial charge is 0.457 e. The van der Waals surface area contributed by atoms with Gasteiger partial charge in [0.15, 0.2) is 5.54 Å². The Kier molecular flexibility index (Phi) is 6.50. The molecule has 39 heavy (non-hydrogen) atoms. The summed E-state index contributed by atoms with van der Waals surface area (Å²) in [6.07, 6.45) is -2.17. The number of carbonyl (C=O) groups is 2. The van der Waals surface area contributed by atoms with Crippen molar-refractivity contribution in [2.24, 2.45) is 10.4 Å². The number of hydrogen-bond donors (Lipinski definition) is 1. The molecule has 2 aromatic rings. The number of hydrogen-bond acceptors (Lipinski definition) is 8. The molecular weight excluding hydrogens is 517 g/mol. The highest BCUT2D eigenvalue weighted by molar-refractivity contribution is 6.08. The van der Waals surface area contributed by atoms with E-state index in [4.69, 9.17) is 9.47 Å². The number of guanidine groups is 1. The predicted molar refractivity (Wildman–Crippen MR) is 130 cm³/mol. The lowest BCUT2D eigenvalue weighted by atomic mass is 9.61. The third-order valence-corrected chi connectivity index (χ3v) is 7.86. The van der Waals surface area contributed by atoms with Crippen LogP contribution >= 0.6 is 0 Å². The zero-order valence-electron chi connectivity index (χ0n) is 21.2. The zero-order valence-corrected chi connectivity index (χ0v) is 21.2. The van der Waals surface area contributed by atoms with Gasteiger partial charge in [0.05, 0.1) is 17.7 Å². The molecular formula is C27H25F3N4O5. The highest BCUT2D eigenvalue weighted by atomic mass is 19.4. The molecule has 0 aromatic heterocycles. The topological polar surface area (TPSA) is 113 Å². The summed E-state index contributed by atoms with van der Waals surface area (Å²) in [5.41, 5.74) is 1.66. The van der Waals surface area contributed by atoms with Gasteiger partial charge in [-0.2, -0.15) is 23.9 Å². The molecule has 2 aromatic carbocycles. The maximum atomic E-state index is 14.0. The number of rotatable bonds is 3. The van der Waals surface area contributed by atoms with Crippen LogP contribution in [0.5, 0.6) is 11.5 Å². The molecule has 1 fully saturated rings. The van der Waals surface area contributed by atoms with Crippen molar-refractivity contribution in [3.8, 4) is 17.6 Å². The lowest BCUT2D eigenvalue weighted by molar-refractivity contribution is -0.204. The first-order valence-electron chi connectivity index (χ1n) is 12.3. The predicted octanol–water partition coefficient (Wildman–Crippen LogP) is 4.12. The van der Waals surface area contributed by atoms with Crippen molar-refractivity contribution in [3.05, 3.63) is 59.2 Å². The van der Waals surface area contributed by atoms with Gasteiger partial charge in [0, 0.05) is 19.6 Å². The van der Waals surface area contributed by atoms with E-state index in [0.29, 0.717) is 54.7 Å². The normalized spacial score (nSPS) is 25.8. The third kappa shape index (κ3) is 4.36. The monoisotopic (exact) mass is 542 g/mol. The standard InChI is InChI=1S/C27H25F3N4O5/c1-34-22(35)26(32-24(34)33-39-23(36)27(28,29)30)21-13-20(38-19-5-3-4-16(12-19)15-31)7-6-17(21)14-25(26)10-8-18(37-2)9-11-25/h3-7,12-13,18H,8-11,14H2,1-2H3,(H,32,33)/t18-,25-,26?. The molecule has 2 spiro atoms. The van der Waals surface area contributed by atoms with Gasteiger partial charge in [-0.3, -0.25) is 9.69 Å². The second kappa shape index (κ2) is 9.57. The van der Waals surface area contributed by atoms with Crippen LogP contribution < -0.4 is 10.2 Å². The van der Waals surface area contributed by atoms with Crippen LogP contribution in [0.2, 0.25) is 0 Å². The van der Waals surface area contributed by atoms with Gasteiger partial charge in [-0.05, 0) is 73.6 Å². The molecule has 2 aliphatic carbocycles. The Morgan fingerprint density at radius 1 is 1.18 bits per heavy atom. The van der Waals surface area contributed by atoms with E-state index >= 15 is 0 Å². The maximum Gasteiger partial charge on any atom is 0.493 e. The van der Waals surface area contributed by atoms with E-state index in [1.165, 1.54) is 7.05 Å². The number of nitriles is 1. The lowest BCUT2D eigenvalue weighted by Crippen LogP contribution is -2.51. The number of methoxy groups -OCH3 is 1. The van der Waals surface area contributed by atoms with Crippen molar-refractivity contribution >= 4 is 17.8 Å². The summed E-state index contributed by atoms with van der Waals surface area (Å²) < 4.78 is 49.8. The first kappa shape index (κ1) is 26.5. The van der Waals surface area contributed by atoms with Crippen LogP contribution in [0, 0.1) is 16.7 Å². The molecule has 1 amide bonds. The lowest BCUT2D eigenvalue weighted by Gasteiger charge is -2.45. The average Bonchev–Trinajstić information content (AvgIpc) is 3.33. The Labute approximate surface area is 222 Å². The van der Waals surface area contributed by atoms with E-state index in [-0.39, 0.29) is 12.1 Å². The summed E-state index contributed by atoms with van der Waals surface area (Å²) in [4.78, 5) is 35.3. The number of nitrogens with one attached hydrogen (secondary N) is 1. The Morgan fingerprint density at radius 2 is 1.90 bits per heavy atom. The van der Waals surface area contributed by atoms with Gasteiger partial charge in [0.1, 0.15) is 11.5 Å². The zero-order chi connectivity index (χ0) is 28.0. The number of likely N-dealkylation sites (N-methyl/N-ethyl adjacent to an activating group) is 1. The van der Waals surface area contributed by atoms with Crippen molar-refractivity contribution in [2.45, 2.75) is 49.9 Å². The molecule has 204 valence electrons. The third-order valence-electron chi connectivity index (χ3n) is 7.86. The van der Waals surface area contributed by atoms with Gasteiger partial charge in [-0.15, -0.1) is 0 Å². The Morgan fingerprint density at radius 3 is 2.56 bits per heavy atom. The average molecular weight is 543 g/mol. The molecule has 1 unspecified atom stereocenters. The van der Waals surface area contributed by atoms with Crippen LogP contribution in [0.3, 0.4) is 0 Å². The molecule has 1 heterocycles. The van der Waals surface area contributed by atoms with Gasteiger partial charge < -0.3 is 14.3 Å². The Balaban J connectivity index is 1.56. The summed E-state index contributed by atoms with van der Waals surface area (Å²) in [6.45, 7) is 0. The molecule has 0 saturated heterocycles. The van der Waals surface area contributed by atoms with Crippen LogP contribution in [-0.4, -0.2) is 49.2 Å². The SMILES string of the molecule is CO[C@H]1CC[C@]2(CC1)Cc1ccc(Oc3cccc(C#N)c3)cc1C21N=C(NOC(=O)C(F)(F)F)N(C)C1=O. The number of ether oxygens (including phenoxy) is 2. The molecule has 0 bridgehead atoms. The number of amides is 1. The van der Waals surface area contributed by atoms with Crippen LogP contribution in [-0.2, 0) is 31.1 Å². The fraction of sp³-hybridized carbons (Fsp3) is 0.407. The first-order valence-corrected chi connectivity index (χ1v) is 12.3. The minimum atomic E-state index is -5.22. The van der Waals surface area contributed by atoms with E-state index in [1.54, 1.807) is 43.5 Å². The maximum absolute atomic E-state index is 14.0. The van der Waals surface area contributed by atoms with Gasteiger partial charge in [0.25, 0.3) is 5.91 Å². The minimum absolute atomic E-state index is 0.0197. The van der Waals surface area contributed by atoms with E-state index < -0.39 is 29.0 Å². The minimum Gasteiger partial charge on any atom is -0.457 e. The molecule has 1 aliphatic heterocycles. The summed E-state index contributed by atoms with van der Waals surface area (Å²) in [5, 5.41) is 9.20. The Bertz CT molecular complexity index is 1390. The summed E-state index contributed by atoms with van der Waals surface area (Å²) in [6, 6.07) is 14.0. The number of carbonyl (C=O) groups excluding carboxylic acids is 2. The van der Waals surface area contributed by atoms with E-state index in [1.807, 2.05) is 11.5 Å². The molecule has 3 aliphatic rings. The number of hydroxylamine groups is 1. The molecule has 0 radical (unpaired) electrons. The van der Waals surface area contributed by atoms with E-state index in [0.717, 1.165) is 10.5 Å². The first-order chi connectivity index (χ1) is 18.5. The van der Waals surface area contributed by atoms with Crippen molar-refractivity contribution in [1.82, 2.24) is 10.4 Å². The molecule has 9 nitrogen and oxygen atoms in total. The number of nitrogens with zero attached hydrogens (tertiary/aromatic N) is 3. The van der Waals surface area contributed by atoms with Crippen molar-refractivity contribution < 1.29 is 37.1 Å². The van der Waals surface area contributed by atoms with Gasteiger partial charge >= 0.3 is 12.1 Å². The quantitative estimate of drug-likeness (QED) is 0.581. The van der Waals surface area contributed by atoms with Gasteiger partial charge in [0.2, 0.25) is 5.96 Å². The van der Waals surface area contributed by atoms with Gasteiger partial charge in [-0.1, -0.05) is 12.1 Å². The number of fused-ring (bicyclic) bond motifs is 3. The molecule has 1 N–H and O–H groups in total. The van der Waals surface area contributed by atoms with Gasteiger partial charge in [-0.25, -0.2) is 9.79 Å². The van der Waals surface area contributed by atoms with E-state index in [2.05, 4.69) is 15.9 Å². The Hall–Kier alpha value is -4.11. The highest BCUT2D eigenvalue weighted by Crippen LogP contribution is 2.62. The number of halogens is 3. The van der Waals surface area contributed by atoms with Crippen LogP contribution in [0.25, 0.3) is 0 Å². The van der Waals surface area contributed by atoms with Crippen molar-refractivity contribution in [3.63, 3.8) is 0 Å². The largest absolute Gasteiger partial charge is 0.493 e. The fourth-order valence-electron chi connectivity index (χ4n) is 5.95. The van der Waals surface area contributed by atoms with Crippen LogP contribution in [0.4, 0.5) is 13.2 Å². The number of aliphatic imine (C=N–C) groups is 1. The van der Waals surface area contributed by atoms with Crippen molar-refractivity contribution in [2.75, 3.05) is 14.2 Å². The fourth-order valence-corrected chi connectivity index (χ4v) is 5.95. The van der Waals surface area contributed by atoms with E-state index in [9.17, 15) is 28.0 Å². The van der Waals surface area contributed by atoms with Crippen molar-refractivity contribution in [1.29, 1.82) is 5.26 Å². The number of alkyl halides is 3. The second-order valence-corrected chi connectivity index (χ2v) is 9.95.